The van der Waals surface area contributed by atoms with Gasteiger partial charge in [-0.25, -0.2) is 4.98 Å². The summed E-state index contributed by atoms with van der Waals surface area (Å²) in [6.07, 6.45) is 4.08. The van der Waals surface area contributed by atoms with Crippen molar-refractivity contribution in [3.8, 4) is 17.2 Å². The number of hydrogen-bond acceptors (Lipinski definition) is 4. The maximum Gasteiger partial charge on any atom is 0.226 e. The number of oxazole rings is 1. The molecule has 1 unspecified atom stereocenters. The van der Waals surface area contributed by atoms with Crippen molar-refractivity contribution in [1.29, 1.82) is 0 Å². The molecule has 0 bridgehead atoms. The van der Waals surface area contributed by atoms with Gasteiger partial charge in [-0.1, -0.05) is 6.07 Å². The predicted octanol–water partition coefficient (Wildman–Crippen LogP) is 2.77. The van der Waals surface area contributed by atoms with Gasteiger partial charge in [-0.2, -0.15) is 0 Å². The average molecular weight is 244 g/mol. The molecule has 0 spiro atoms. The lowest BCUT2D eigenvalue weighted by Gasteiger charge is -2.04. The number of rotatable bonds is 3. The van der Waals surface area contributed by atoms with Crippen LogP contribution in [0.2, 0.25) is 0 Å². The smallest absolute Gasteiger partial charge is 0.226 e. The van der Waals surface area contributed by atoms with Crippen LogP contribution >= 0.6 is 0 Å². The fourth-order valence-electron chi connectivity index (χ4n) is 2.27. The Morgan fingerprint density at radius 3 is 3.17 bits per heavy atom. The molecule has 18 heavy (non-hydrogen) atoms. The topological polar surface area (TPSA) is 47.3 Å². The molecule has 2 heterocycles. The molecule has 1 aliphatic rings. The van der Waals surface area contributed by atoms with Crippen LogP contribution in [0.1, 0.15) is 24.6 Å². The summed E-state index contributed by atoms with van der Waals surface area (Å²) in [5, 5.41) is 3.41. The van der Waals surface area contributed by atoms with Crippen LogP contribution in [0.25, 0.3) is 11.5 Å². The normalized spacial score (nSPS) is 19.1. The Hall–Kier alpha value is -1.81. The number of nitrogens with zero attached hydrogens (tertiary/aromatic N) is 1. The van der Waals surface area contributed by atoms with E-state index in [1.165, 1.54) is 6.42 Å². The third-order valence-corrected chi connectivity index (χ3v) is 3.26. The SMILES string of the molecule is COc1cccc(-c2nc(C3CCCN3)co2)c1. The van der Waals surface area contributed by atoms with Crippen molar-refractivity contribution in [3.63, 3.8) is 0 Å². The van der Waals surface area contributed by atoms with Crippen molar-refractivity contribution in [3.05, 3.63) is 36.2 Å². The molecular formula is C14H16N2O2. The molecule has 1 N–H and O–H groups in total. The molecule has 4 heteroatoms. The van der Waals surface area contributed by atoms with Crippen LogP contribution in [0, 0.1) is 0 Å². The molecule has 0 radical (unpaired) electrons. The van der Waals surface area contributed by atoms with E-state index in [9.17, 15) is 0 Å². The maximum atomic E-state index is 5.56. The molecule has 1 atom stereocenters. The number of benzene rings is 1. The van der Waals surface area contributed by atoms with Crippen LogP contribution in [0.3, 0.4) is 0 Å². The van der Waals surface area contributed by atoms with Gasteiger partial charge in [-0.15, -0.1) is 0 Å². The Kier molecular flexibility index (Phi) is 3.02. The number of ether oxygens (including phenoxy) is 1. The van der Waals surface area contributed by atoms with Crippen molar-refractivity contribution in [1.82, 2.24) is 10.3 Å². The second-order valence-corrected chi connectivity index (χ2v) is 4.46. The minimum atomic E-state index is 0.341. The van der Waals surface area contributed by atoms with Crippen LogP contribution < -0.4 is 10.1 Å². The molecule has 2 aromatic rings. The van der Waals surface area contributed by atoms with Crippen molar-refractivity contribution >= 4 is 0 Å². The summed E-state index contributed by atoms with van der Waals surface area (Å²) >= 11 is 0. The Labute approximate surface area is 106 Å². The largest absolute Gasteiger partial charge is 0.497 e. The van der Waals surface area contributed by atoms with Gasteiger partial charge in [0.25, 0.3) is 0 Å². The Bertz CT molecular complexity index is 530. The molecular weight excluding hydrogens is 228 g/mol. The van der Waals surface area contributed by atoms with Gasteiger partial charge in [-0.3, -0.25) is 0 Å². The number of aromatic nitrogens is 1. The van der Waals surface area contributed by atoms with Crippen LogP contribution in [-0.4, -0.2) is 18.6 Å². The summed E-state index contributed by atoms with van der Waals surface area (Å²) < 4.78 is 10.8. The van der Waals surface area contributed by atoms with E-state index in [4.69, 9.17) is 9.15 Å². The van der Waals surface area contributed by atoms with E-state index in [0.717, 1.165) is 30.0 Å². The summed E-state index contributed by atoms with van der Waals surface area (Å²) in [7, 11) is 1.66. The van der Waals surface area contributed by atoms with Crippen LogP contribution in [0.4, 0.5) is 0 Å². The molecule has 1 fully saturated rings. The Morgan fingerprint density at radius 2 is 2.39 bits per heavy atom. The first-order valence-electron chi connectivity index (χ1n) is 6.20. The first-order valence-corrected chi connectivity index (χ1v) is 6.20. The van der Waals surface area contributed by atoms with E-state index in [2.05, 4.69) is 10.3 Å². The molecule has 0 amide bonds. The van der Waals surface area contributed by atoms with Crippen molar-refractivity contribution < 1.29 is 9.15 Å². The summed E-state index contributed by atoms with van der Waals surface area (Å²) in [5.41, 5.74) is 1.93. The zero-order valence-corrected chi connectivity index (χ0v) is 10.3. The third kappa shape index (κ3) is 2.11. The highest BCUT2D eigenvalue weighted by atomic mass is 16.5. The van der Waals surface area contributed by atoms with Gasteiger partial charge in [-0.05, 0) is 37.6 Å². The molecule has 1 aromatic heterocycles. The molecule has 1 aliphatic heterocycles. The zero-order chi connectivity index (χ0) is 12.4. The van der Waals surface area contributed by atoms with Crippen LogP contribution in [-0.2, 0) is 0 Å². The van der Waals surface area contributed by atoms with E-state index in [0.29, 0.717) is 11.9 Å². The van der Waals surface area contributed by atoms with E-state index in [1.807, 2.05) is 24.3 Å². The van der Waals surface area contributed by atoms with Crippen LogP contribution in [0.5, 0.6) is 5.75 Å². The lowest BCUT2D eigenvalue weighted by atomic mass is 10.2. The first-order chi connectivity index (χ1) is 8.86. The monoisotopic (exact) mass is 244 g/mol. The van der Waals surface area contributed by atoms with Gasteiger partial charge >= 0.3 is 0 Å². The molecule has 94 valence electrons. The summed E-state index contributed by atoms with van der Waals surface area (Å²) in [6, 6.07) is 8.09. The van der Waals surface area contributed by atoms with E-state index >= 15 is 0 Å². The third-order valence-electron chi connectivity index (χ3n) is 3.26. The molecule has 0 saturated carbocycles. The molecule has 3 rings (SSSR count). The molecule has 1 saturated heterocycles. The highest BCUT2D eigenvalue weighted by Crippen LogP contribution is 2.27. The summed E-state index contributed by atoms with van der Waals surface area (Å²) in [4.78, 5) is 4.55. The minimum Gasteiger partial charge on any atom is -0.497 e. The number of methoxy groups -OCH3 is 1. The lowest BCUT2D eigenvalue weighted by Crippen LogP contribution is -2.12. The van der Waals surface area contributed by atoms with Gasteiger partial charge < -0.3 is 14.5 Å². The second kappa shape index (κ2) is 4.82. The van der Waals surface area contributed by atoms with E-state index in [-0.39, 0.29) is 0 Å². The van der Waals surface area contributed by atoms with Crippen LogP contribution in [0.15, 0.2) is 34.9 Å². The zero-order valence-electron chi connectivity index (χ0n) is 10.3. The number of nitrogens with one attached hydrogen (secondary N) is 1. The van der Waals surface area contributed by atoms with Gasteiger partial charge in [0.05, 0.1) is 18.8 Å². The standard InChI is InChI=1S/C14H16N2O2/c1-17-11-5-2-4-10(8-11)14-16-13(9-18-14)12-6-3-7-15-12/h2,4-5,8-9,12,15H,3,6-7H2,1H3. The fraction of sp³-hybridized carbons (Fsp3) is 0.357. The van der Waals surface area contributed by atoms with Gasteiger partial charge in [0.1, 0.15) is 12.0 Å². The molecule has 1 aromatic carbocycles. The maximum absolute atomic E-state index is 5.56. The average Bonchev–Trinajstić information content (AvgIpc) is 3.09. The highest BCUT2D eigenvalue weighted by molar-refractivity contribution is 5.56. The summed E-state index contributed by atoms with van der Waals surface area (Å²) in [5.74, 6) is 1.46. The van der Waals surface area contributed by atoms with Gasteiger partial charge in [0, 0.05) is 5.56 Å². The molecule has 0 aliphatic carbocycles. The van der Waals surface area contributed by atoms with E-state index < -0.39 is 0 Å². The predicted molar refractivity (Wildman–Crippen MR) is 68.5 cm³/mol. The quantitative estimate of drug-likeness (QED) is 0.901. The van der Waals surface area contributed by atoms with Gasteiger partial charge in [0.15, 0.2) is 0 Å². The lowest BCUT2D eigenvalue weighted by molar-refractivity contribution is 0.414. The van der Waals surface area contributed by atoms with Crippen molar-refractivity contribution in [2.24, 2.45) is 0 Å². The second-order valence-electron chi connectivity index (χ2n) is 4.46. The molecule has 4 nitrogen and oxygen atoms in total. The first kappa shape index (κ1) is 11.3. The Morgan fingerprint density at radius 1 is 1.44 bits per heavy atom. The fourth-order valence-corrected chi connectivity index (χ4v) is 2.27. The minimum absolute atomic E-state index is 0.341. The highest BCUT2D eigenvalue weighted by Gasteiger charge is 2.20. The van der Waals surface area contributed by atoms with Gasteiger partial charge in [0.2, 0.25) is 5.89 Å². The van der Waals surface area contributed by atoms with Crippen molar-refractivity contribution in [2.75, 3.05) is 13.7 Å². The number of hydrogen-bond donors (Lipinski definition) is 1. The summed E-state index contributed by atoms with van der Waals surface area (Å²) in [6.45, 7) is 1.06. The van der Waals surface area contributed by atoms with Crippen molar-refractivity contribution in [2.45, 2.75) is 18.9 Å². The van der Waals surface area contributed by atoms with E-state index in [1.54, 1.807) is 13.4 Å². The Balaban J connectivity index is 1.87.